The van der Waals surface area contributed by atoms with E-state index < -0.39 is 0 Å². The largest absolute Gasteiger partial charge is 0.508 e. The van der Waals surface area contributed by atoms with Gasteiger partial charge >= 0.3 is 0 Å². The van der Waals surface area contributed by atoms with E-state index >= 15 is 0 Å². The van der Waals surface area contributed by atoms with E-state index in [1.807, 2.05) is 0 Å². The van der Waals surface area contributed by atoms with Crippen molar-refractivity contribution in [3.8, 4) is 17.2 Å². The number of hydrogen-bond donors (Lipinski definition) is 3. The number of aromatic hydroxyl groups is 1. The zero-order valence-electron chi connectivity index (χ0n) is 15.5. The van der Waals surface area contributed by atoms with Crippen LogP contribution in [0, 0.1) is 5.92 Å². The third-order valence-corrected chi connectivity index (χ3v) is 4.67. The number of amides is 1. The van der Waals surface area contributed by atoms with Gasteiger partial charge in [0.2, 0.25) is 5.91 Å². The molecular formula is C21H24N2O5. The molecule has 0 saturated carbocycles. The molecule has 4 N–H and O–H groups in total. The zero-order valence-corrected chi connectivity index (χ0v) is 15.5. The molecule has 0 bridgehead atoms. The molecule has 28 heavy (non-hydrogen) atoms. The Bertz CT molecular complexity index is 829. The molecule has 0 aromatic heterocycles. The molecule has 0 unspecified atom stereocenters. The summed E-state index contributed by atoms with van der Waals surface area (Å²) in [6, 6.07) is 11.2. The van der Waals surface area contributed by atoms with E-state index in [0.717, 1.165) is 0 Å². The van der Waals surface area contributed by atoms with Crippen molar-refractivity contribution in [2.75, 3.05) is 25.5 Å². The lowest BCUT2D eigenvalue weighted by Gasteiger charge is -2.21. The van der Waals surface area contributed by atoms with Gasteiger partial charge in [0, 0.05) is 37.7 Å². The summed E-state index contributed by atoms with van der Waals surface area (Å²) in [5, 5.41) is 12.2. The fourth-order valence-corrected chi connectivity index (χ4v) is 3.06. The molecule has 2 aromatic rings. The Kier molecular flexibility index (Phi) is 6.49. The van der Waals surface area contributed by atoms with Gasteiger partial charge in [-0.05, 0) is 49.2 Å². The molecule has 7 nitrogen and oxygen atoms in total. The van der Waals surface area contributed by atoms with Crippen LogP contribution in [-0.2, 0) is 9.53 Å². The highest BCUT2D eigenvalue weighted by Crippen LogP contribution is 2.31. The maximum Gasteiger partial charge on any atom is 0.223 e. The van der Waals surface area contributed by atoms with Crippen molar-refractivity contribution in [3.63, 3.8) is 0 Å². The first-order chi connectivity index (χ1) is 13.5. The second-order valence-corrected chi connectivity index (χ2v) is 6.66. The van der Waals surface area contributed by atoms with Gasteiger partial charge < -0.3 is 25.6 Å². The summed E-state index contributed by atoms with van der Waals surface area (Å²) in [4.78, 5) is 24.7. The van der Waals surface area contributed by atoms with Crippen molar-refractivity contribution >= 4 is 17.4 Å². The molecule has 1 saturated heterocycles. The molecule has 1 heterocycles. The Labute approximate surface area is 163 Å². The first-order valence-corrected chi connectivity index (χ1v) is 9.28. The second-order valence-electron chi connectivity index (χ2n) is 6.66. The Morgan fingerprint density at radius 1 is 1.14 bits per heavy atom. The molecule has 3 rings (SSSR count). The third-order valence-electron chi connectivity index (χ3n) is 4.67. The third kappa shape index (κ3) is 5.01. The Morgan fingerprint density at radius 3 is 2.57 bits per heavy atom. The van der Waals surface area contributed by atoms with Gasteiger partial charge in [-0.3, -0.25) is 9.59 Å². The Hall–Kier alpha value is -3.06. The number of phenols is 1. The van der Waals surface area contributed by atoms with E-state index in [9.17, 15) is 14.7 Å². The number of nitrogen functional groups attached to an aromatic ring is 1. The number of anilines is 1. The van der Waals surface area contributed by atoms with Crippen LogP contribution in [0.5, 0.6) is 17.2 Å². The van der Waals surface area contributed by atoms with Gasteiger partial charge in [0.05, 0.1) is 5.69 Å². The molecule has 0 aliphatic carbocycles. The smallest absolute Gasteiger partial charge is 0.223 e. The fourth-order valence-electron chi connectivity index (χ4n) is 3.06. The fraction of sp³-hybridized carbons (Fsp3) is 0.333. The number of nitrogens with one attached hydrogen (secondary N) is 1. The zero-order chi connectivity index (χ0) is 19.9. The number of carbonyl (C=O) groups excluding carboxylic acids is 2. The molecule has 7 heteroatoms. The first-order valence-electron chi connectivity index (χ1n) is 9.28. The summed E-state index contributed by atoms with van der Waals surface area (Å²) in [6.45, 7) is 1.46. The van der Waals surface area contributed by atoms with E-state index in [0.29, 0.717) is 43.1 Å². The maximum absolute atomic E-state index is 12.5. The number of Topliss-reactive ketones (excluding diaryl/α,β-unsaturated/α-hetero) is 1. The number of rotatable bonds is 7. The Morgan fingerprint density at radius 2 is 1.86 bits per heavy atom. The van der Waals surface area contributed by atoms with Gasteiger partial charge in [0.1, 0.15) is 11.5 Å². The van der Waals surface area contributed by atoms with Crippen molar-refractivity contribution in [2.24, 2.45) is 5.92 Å². The number of benzene rings is 2. The monoisotopic (exact) mass is 384 g/mol. The quantitative estimate of drug-likeness (QED) is 0.500. The molecule has 1 fully saturated rings. The van der Waals surface area contributed by atoms with E-state index in [4.69, 9.17) is 15.2 Å². The predicted molar refractivity (Wildman–Crippen MR) is 105 cm³/mol. The SMILES string of the molecule is Nc1c(Oc2ccc(O)cc2)cccc1C(=O)CCNC(=O)C1CCOCC1. The van der Waals surface area contributed by atoms with E-state index in [1.165, 1.54) is 12.1 Å². The lowest BCUT2D eigenvalue weighted by atomic mass is 9.99. The topological polar surface area (TPSA) is 111 Å². The van der Waals surface area contributed by atoms with Gasteiger partial charge in [-0.25, -0.2) is 0 Å². The molecule has 0 atom stereocenters. The molecule has 1 aliphatic rings. The lowest BCUT2D eigenvalue weighted by Crippen LogP contribution is -2.35. The number of carbonyl (C=O) groups is 2. The summed E-state index contributed by atoms with van der Waals surface area (Å²) in [7, 11) is 0. The van der Waals surface area contributed by atoms with Crippen LogP contribution in [0.4, 0.5) is 5.69 Å². The Balaban J connectivity index is 1.57. The summed E-state index contributed by atoms with van der Waals surface area (Å²) in [5.74, 6) is 0.748. The summed E-state index contributed by atoms with van der Waals surface area (Å²) in [6.07, 6.45) is 1.58. The van der Waals surface area contributed by atoms with Gasteiger partial charge in [-0.15, -0.1) is 0 Å². The van der Waals surface area contributed by atoms with Crippen LogP contribution in [0.2, 0.25) is 0 Å². The van der Waals surface area contributed by atoms with E-state index in [-0.39, 0.29) is 42.0 Å². The summed E-state index contributed by atoms with van der Waals surface area (Å²) in [5.41, 5.74) is 6.72. The van der Waals surface area contributed by atoms with E-state index in [1.54, 1.807) is 30.3 Å². The minimum atomic E-state index is -0.166. The summed E-state index contributed by atoms with van der Waals surface area (Å²) < 4.78 is 11.0. The molecule has 0 spiro atoms. The van der Waals surface area contributed by atoms with Crippen molar-refractivity contribution in [1.82, 2.24) is 5.32 Å². The molecule has 0 radical (unpaired) electrons. The molecule has 2 aromatic carbocycles. The van der Waals surface area contributed by atoms with Crippen LogP contribution >= 0.6 is 0 Å². The minimum absolute atomic E-state index is 0.0338. The van der Waals surface area contributed by atoms with E-state index in [2.05, 4.69) is 5.32 Å². The second kappa shape index (κ2) is 9.23. The van der Waals surface area contributed by atoms with Crippen LogP contribution < -0.4 is 15.8 Å². The number of phenolic OH excluding ortho intramolecular Hbond substituents is 1. The average molecular weight is 384 g/mol. The van der Waals surface area contributed by atoms with Crippen LogP contribution in [0.1, 0.15) is 29.6 Å². The standard InChI is InChI=1S/C21H24N2O5/c22-20-17(2-1-3-19(20)28-16-6-4-15(24)5-7-16)18(25)8-11-23-21(26)14-9-12-27-13-10-14/h1-7,14,24H,8-13,22H2,(H,23,26). The highest BCUT2D eigenvalue weighted by Gasteiger charge is 2.21. The van der Waals surface area contributed by atoms with Gasteiger partial charge in [-0.2, -0.15) is 0 Å². The molecule has 1 amide bonds. The van der Waals surface area contributed by atoms with Crippen molar-refractivity contribution in [3.05, 3.63) is 48.0 Å². The first kappa shape index (κ1) is 19.7. The number of ketones is 1. The van der Waals surface area contributed by atoms with Gasteiger partial charge in [0.25, 0.3) is 0 Å². The number of nitrogens with two attached hydrogens (primary N) is 1. The van der Waals surface area contributed by atoms with Crippen molar-refractivity contribution in [2.45, 2.75) is 19.3 Å². The molecular weight excluding hydrogens is 360 g/mol. The van der Waals surface area contributed by atoms with Crippen LogP contribution in [0.3, 0.4) is 0 Å². The van der Waals surface area contributed by atoms with Crippen LogP contribution in [-0.4, -0.2) is 36.6 Å². The highest BCUT2D eigenvalue weighted by molar-refractivity contribution is 6.02. The number of ether oxygens (including phenoxy) is 2. The summed E-state index contributed by atoms with van der Waals surface area (Å²) >= 11 is 0. The number of para-hydroxylation sites is 1. The van der Waals surface area contributed by atoms with Gasteiger partial charge in [-0.1, -0.05) is 6.07 Å². The van der Waals surface area contributed by atoms with Crippen LogP contribution in [0.25, 0.3) is 0 Å². The molecule has 1 aliphatic heterocycles. The van der Waals surface area contributed by atoms with Crippen molar-refractivity contribution in [1.29, 1.82) is 0 Å². The minimum Gasteiger partial charge on any atom is -0.508 e. The highest BCUT2D eigenvalue weighted by atomic mass is 16.5. The molecule has 148 valence electrons. The maximum atomic E-state index is 12.5. The average Bonchev–Trinajstić information content (AvgIpc) is 2.71. The lowest BCUT2D eigenvalue weighted by molar-refractivity contribution is -0.127. The van der Waals surface area contributed by atoms with Crippen LogP contribution in [0.15, 0.2) is 42.5 Å². The predicted octanol–water partition coefficient (Wildman–Crippen LogP) is 2.88. The van der Waals surface area contributed by atoms with Gasteiger partial charge in [0.15, 0.2) is 11.5 Å². The number of hydrogen-bond acceptors (Lipinski definition) is 6. The van der Waals surface area contributed by atoms with Crippen molar-refractivity contribution < 1.29 is 24.2 Å². The normalized spacial score (nSPS) is 14.4.